The average molecular weight is 231 g/mol. The Bertz CT molecular complexity index is 673. The SMILES string of the molecule is [2H]c1cc(-c2ccccc2)ccc1-c1ccccc1. The van der Waals surface area contributed by atoms with Gasteiger partial charge in [-0.25, -0.2) is 0 Å². The summed E-state index contributed by atoms with van der Waals surface area (Å²) in [6, 6.07) is 26.8. The molecule has 0 aliphatic heterocycles. The number of rotatable bonds is 2. The lowest BCUT2D eigenvalue weighted by Crippen LogP contribution is -1.79. The molecule has 0 saturated heterocycles. The molecule has 18 heavy (non-hydrogen) atoms. The van der Waals surface area contributed by atoms with E-state index < -0.39 is 0 Å². The van der Waals surface area contributed by atoms with Crippen molar-refractivity contribution >= 4 is 0 Å². The molecule has 0 aliphatic rings. The Morgan fingerprint density at radius 1 is 0.444 bits per heavy atom. The van der Waals surface area contributed by atoms with Crippen LogP contribution in [0.25, 0.3) is 22.3 Å². The van der Waals surface area contributed by atoms with E-state index in [2.05, 4.69) is 18.2 Å². The van der Waals surface area contributed by atoms with E-state index in [0.717, 1.165) is 22.3 Å². The molecule has 0 aromatic heterocycles. The van der Waals surface area contributed by atoms with Crippen LogP contribution in [0.3, 0.4) is 0 Å². The lowest BCUT2D eigenvalue weighted by atomic mass is 10.0. The van der Waals surface area contributed by atoms with Gasteiger partial charge in [0.2, 0.25) is 0 Å². The van der Waals surface area contributed by atoms with E-state index in [1.807, 2.05) is 60.7 Å². The van der Waals surface area contributed by atoms with Crippen LogP contribution in [0, 0.1) is 0 Å². The molecule has 0 nitrogen and oxygen atoms in total. The van der Waals surface area contributed by atoms with Crippen molar-refractivity contribution in [2.75, 3.05) is 0 Å². The molecule has 0 aliphatic carbocycles. The zero-order valence-corrected chi connectivity index (χ0v) is 10.0. The second-order valence-electron chi connectivity index (χ2n) is 4.22. The van der Waals surface area contributed by atoms with E-state index >= 15 is 0 Å². The molecule has 3 rings (SSSR count). The van der Waals surface area contributed by atoms with Gasteiger partial charge in [-0.05, 0) is 22.3 Å². The van der Waals surface area contributed by atoms with E-state index in [9.17, 15) is 0 Å². The van der Waals surface area contributed by atoms with Crippen molar-refractivity contribution in [3.05, 3.63) is 84.9 Å². The van der Waals surface area contributed by atoms with E-state index in [4.69, 9.17) is 1.37 Å². The third-order valence-corrected chi connectivity index (χ3v) is 3.00. The second-order valence-corrected chi connectivity index (χ2v) is 4.22. The molecule has 3 aromatic carbocycles. The number of benzene rings is 3. The lowest BCUT2D eigenvalue weighted by molar-refractivity contribution is 1.59. The van der Waals surface area contributed by atoms with Crippen LogP contribution in [-0.4, -0.2) is 0 Å². The number of hydrogen-bond acceptors (Lipinski definition) is 0. The molecule has 0 radical (unpaired) electrons. The molecule has 0 unspecified atom stereocenters. The molecular formula is C18H14. The molecule has 0 atom stereocenters. The molecule has 0 fully saturated rings. The molecular weight excluding hydrogens is 216 g/mol. The van der Waals surface area contributed by atoms with Crippen LogP contribution >= 0.6 is 0 Å². The Kier molecular flexibility index (Phi) is 2.62. The summed E-state index contributed by atoms with van der Waals surface area (Å²) in [4.78, 5) is 0. The first-order chi connectivity index (χ1) is 9.34. The van der Waals surface area contributed by atoms with Gasteiger partial charge in [-0.15, -0.1) is 0 Å². The molecule has 0 N–H and O–H groups in total. The summed E-state index contributed by atoms with van der Waals surface area (Å²) in [5, 5.41) is 0. The molecule has 0 heteroatoms. The van der Waals surface area contributed by atoms with Crippen molar-refractivity contribution < 1.29 is 1.37 Å². The lowest BCUT2D eigenvalue weighted by Gasteiger charge is -2.04. The highest BCUT2D eigenvalue weighted by Crippen LogP contribution is 2.24. The molecule has 3 aromatic rings. The van der Waals surface area contributed by atoms with Crippen LogP contribution in [0.1, 0.15) is 1.37 Å². The highest BCUT2D eigenvalue weighted by molar-refractivity contribution is 5.70. The highest BCUT2D eigenvalue weighted by atomic mass is 14.0. The molecule has 0 saturated carbocycles. The normalized spacial score (nSPS) is 11.0. The van der Waals surface area contributed by atoms with Crippen LogP contribution in [0.15, 0.2) is 84.9 Å². The van der Waals surface area contributed by atoms with E-state index in [-0.39, 0.29) is 0 Å². The molecule has 0 spiro atoms. The zero-order valence-electron chi connectivity index (χ0n) is 11.0. The smallest absolute Gasteiger partial charge is 0.0622 e. The summed E-state index contributed by atoms with van der Waals surface area (Å²) in [6.07, 6.45) is 0. The predicted octanol–water partition coefficient (Wildman–Crippen LogP) is 5.02. The Labute approximate surface area is 109 Å². The fourth-order valence-electron chi connectivity index (χ4n) is 2.03. The van der Waals surface area contributed by atoms with Crippen LogP contribution in [-0.2, 0) is 0 Å². The summed E-state index contributed by atoms with van der Waals surface area (Å²) < 4.78 is 8.20. The Morgan fingerprint density at radius 2 is 0.889 bits per heavy atom. The van der Waals surface area contributed by atoms with Crippen LogP contribution < -0.4 is 0 Å². The van der Waals surface area contributed by atoms with Gasteiger partial charge in [-0.1, -0.05) is 84.9 Å². The maximum Gasteiger partial charge on any atom is 0.0629 e. The quantitative estimate of drug-likeness (QED) is 0.581. The summed E-state index contributed by atoms with van der Waals surface area (Å²) in [5.74, 6) is 0. The van der Waals surface area contributed by atoms with Crippen molar-refractivity contribution in [3.63, 3.8) is 0 Å². The Balaban J connectivity index is 2.04. The highest BCUT2D eigenvalue weighted by Gasteiger charge is 1.98. The topological polar surface area (TPSA) is 0 Å². The molecule has 0 amide bonds. The van der Waals surface area contributed by atoms with Crippen molar-refractivity contribution in [3.8, 4) is 22.3 Å². The van der Waals surface area contributed by atoms with Gasteiger partial charge in [0.05, 0.1) is 1.37 Å². The third-order valence-electron chi connectivity index (χ3n) is 3.00. The van der Waals surface area contributed by atoms with Gasteiger partial charge in [0, 0.05) is 0 Å². The summed E-state index contributed by atoms with van der Waals surface area (Å²) in [5.41, 5.74) is 4.30. The summed E-state index contributed by atoms with van der Waals surface area (Å²) in [6.45, 7) is 0. The first kappa shape index (κ1) is 9.67. The van der Waals surface area contributed by atoms with Gasteiger partial charge in [-0.2, -0.15) is 0 Å². The third kappa shape index (κ3) is 2.18. The summed E-state index contributed by atoms with van der Waals surface area (Å²) >= 11 is 0. The van der Waals surface area contributed by atoms with Crippen LogP contribution in [0.2, 0.25) is 0 Å². The van der Waals surface area contributed by atoms with E-state index in [0.29, 0.717) is 6.04 Å². The average Bonchev–Trinajstić information content (AvgIpc) is 2.49. The molecule has 0 bridgehead atoms. The minimum Gasteiger partial charge on any atom is -0.0622 e. The Morgan fingerprint density at radius 3 is 1.44 bits per heavy atom. The molecule has 86 valence electrons. The monoisotopic (exact) mass is 231 g/mol. The van der Waals surface area contributed by atoms with Gasteiger partial charge in [0.25, 0.3) is 0 Å². The fourth-order valence-corrected chi connectivity index (χ4v) is 2.03. The molecule has 0 heterocycles. The van der Waals surface area contributed by atoms with Gasteiger partial charge < -0.3 is 0 Å². The van der Waals surface area contributed by atoms with Crippen molar-refractivity contribution in [2.45, 2.75) is 0 Å². The maximum atomic E-state index is 8.20. The standard InChI is InChI=1S/C18H14/c1-3-7-15(8-4-1)17-11-13-18(14-12-17)16-9-5-2-6-10-16/h1-14H/i11D. The van der Waals surface area contributed by atoms with Crippen molar-refractivity contribution in [1.82, 2.24) is 0 Å². The minimum absolute atomic E-state index is 0.563. The van der Waals surface area contributed by atoms with Gasteiger partial charge in [0.1, 0.15) is 0 Å². The van der Waals surface area contributed by atoms with E-state index in [1.165, 1.54) is 0 Å². The second kappa shape index (κ2) is 4.89. The first-order valence-corrected chi connectivity index (χ1v) is 6.06. The predicted molar refractivity (Wildman–Crippen MR) is 77.3 cm³/mol. The first-order valence-electron chi connectivity index (χ1n) is 6.56. The van der Waals surface area contributed by atoms with Crippen LogP contribution in [0.5, 0.6) is 0 Å². The maximum absolute atomic E-state index is 8.20. The Hall–Kier alpha value is -2.34. The van der Waals surface area contributed by atoms with Crippen molar-refractivity contribution in [1.29, 1.82) is 0 Å². The van der Waals surface area contributed by atoms with E-state index in [1.54, 1.807) is 0 Å². The summed E-state index contributed by atoms with van der Waals surface area (Å²) in [7, 11) is 0. The number of hydrogen-bond donors (Lipinski definition) is 0. The van der Waals surface area contributed by atoms with Gasteiger partial charge in [0.15, 0.2) is 0 Å². The largest absolute Gasteiger partial charge is 0.0629 e. The zero-order chi connectivity index (χ0) is 13.1. The van der Waals surface area contributed by atoms with Gasteiger partial charge >= 0.3 is 0 Å². The van der Waals surface area contributed by atoms with Crippen molar-refractivity contribution in [2.24, 2.45) is 0 Å². The minimum atomic E-state index is 0.563. The van der Waals surface area contributed by atoms with Crippen LogP contribution in [0.4, 0.5) is 0 Å². The van der Waals surface area contributed by atoms with Gasteiger partial charge in [-0.3, -0.25) is 0 Å². The fraction of sp³-hybridized carbons (Fsp3) is 0.